The van der Waals surface area contributed by atoms with Crippen LogP contribution in [0.1, 0.15) is 12.0 Å². The van der Waals surface area contributed by atoms with Gasteiger partial charge in [0.1, 0.15) is 0 Å². The zero-order valence-corrected chi connectivity index (χ0v) is 8.73. The van der Waals surface area contributed by atoms with Crippen LogP contribution in [0.25, 0.3) is 0 Å². The number of hydrogen-bond donors (Lipinski definition) is 1. The first kappa shape index (κ1) is 9.19. The van der Waals surface area contributed by atoms with E-state index in [2.05, 4.69) is 29.2 Å². The third kappa shape index (κ3) is 1.62. The first-order valence-electron chi connectivity index (χ1n) is 5.54. The maximum absolute atomic E-state index is 5.64. The summed E-state index contributed by atoms with van der Waals surface area (Å²) in [6.45, 7) is 2.68. The Morgan fingerprint density at radius 2 is 2.07 bits per heavy atom. The summed E-state index contributed by atoms with van der Waals surface area (Å²) in [7, 11) is 0. The van der Waals surface area contributed by atoms with Crippen LogP contribution in [0.4, 0.5) is 5.69 Å². The van der Waals surface area contributed by atoms with Crippen molar-refractivity contribution in [1.82, 2.24) is 0 Å². The molecule has 3 saturated heterocycles. The van der Waals surface area contributed by atoms with E-state index in [0.717, 1.165) is 13.1 Å². The number of hydrogen-bond acceptors (Lipinski definition) is 3. The number of rotatable bonds is 2. The molecule has 3 heteroatoms. The highest BCUT2D eigenvalue weighted by Crippen LogP contribution is 2.31. The summed E-state index contributed by atoms with van der Waals surface area (Å²) >= 11 is 0. The standard InChI is InChI=1S/C12H16N2O/c13-6-9-2-1-3-10(4-9)14-7-11-5-12(8-14)15-11/h1-4,11-12H,5-8,13H2. The number of ether oxygens (including phenoxy) is 1. The molecule has 3 aliphatic heterocycles. The molecule has 80 valence electrons. The Morgan fingerprint density at radius 1 is 1.33 bits per heavy atom. The van der Waals surface area contributed by atoms with Crippen molar-refractivity contribution < 1.29 is 4.74 Å². The Bertz CT molecular complexity index is 350. The van der Waals surface area contributed by atoms with Gasteiger partial charge < -0.3 is 15.4 Å². The van der Waals surface area contributed by atoms with Gasteiger partial charge in [0.15, 0.2) is 0 Å². The molecule has 2 atom stereocenters. The molecule has 15 heavy (non-hydrogen) atoms. The zero-order chi connectivity index (χ0) is 10.3. The van der Waals surface area contributed by atoms with E-state index in [4.69, 9.17) is 10.5 Å². The highest BCUT2D eigenvalue weighted by molar-refractivity contribution is 5.49. The number of nitrogens with two attached hydrogens (primary N) is 1. The van der Waals surface area contributed by atoms with Gasteiger partial charge in [-0.3, -0.25) is 0 Å². The van der Waals surface area contributed by atoms with Gasteiger partial charge in [-0.05, 0) is 17.7 Å². The molecule has 0 aromatic heterocycles. The maximum Gasteiger partial charge on any atom is 0.0780 e. The van der Waals surface area contributed by atoms with E-state index in [1.807, 2.05) is 0 Å². The topological polar surface area (TPSA) is 38.5 Å². The van der Waals surface area contributed by atoms with Crippen LogP contribution in [-0.2, 0) is 11.3 Å². The summed E-state index contributed by atoms with van der Waals surface area (Å²) < 4.78 is 5.62. The summed E-state index contributed by atoms with van der Waals surface area (Å²) in [6, 6.07) is 8.50. The highest BCUT2D eigenvalue weighted by atomic mass is 16.5. The zero-order valence-electron chi connectivity index (χ0n) is 8.73. The van der Waals surface area contributed by atoms with Crippen molar-refractivity contribution in [2.75, 3.05) is 18.0 Å². The van der Waals surface area contributed by atoms with Gasteiger partial charge in [0.2, 0.25) is 0 Å². The van der Waals surface area contributed by atoms with E-state index in [0.29, 0.717) is 18.8 Å². The SMILES string of the molecule is NCc1cccc(N2CC3CC(C2)O3)c1. The van der Waals surface area contributed by atoms with Crippen LogP contribution in [0.2, 0.25) is 0 Å². The Kier molecular flexibility index (Phi) is 2.15. The van der Waals surface area contributed by atoms with E-state index in [9.17, 15) is 0 Å². The third-order valence-corrected chi connectivity index (χ3v) is 3.27. The van der Waals surface area contributed by atoms with Crippen LogP contribution in [0, 0.1) is 0 Å². The second kappa shape index (κ2) is 3.51. The molecule has 3 aliphatic rings. The summed E-state index contributed by atoms with van der Waals surface area (Å²) in [4.78, 5) is 2.40. The van der Waals surface area contributed by atoms with E-state index < -0.39 is 0 Å². The van der Waals surface area contributed by atoms with E-state index >= 15 is 0 Å². The molecule has 3 heterocycles. The fourth-order valence-corrected chi connectivity index (χ4v) is 2.45. The average Bonchev–Trinajstić information content (AvgIpc) is 2.28. The largest absolute Gasteiger partial charge is 0.371 e. The summed E-state index contributed by atoms with van der Waals surface area (Å²) in [6.07, 6.45) is 2.17. The van der Waals surface area contributed by atoms with Crippen LogP contribution in [0.3, 0.4) is 0 Å². The van der Waals surface area contributed by atoms with Crippen molar-refractivity contribution >= 4 is 5.69 Å². The van der Waals surface area contributed by atoms with Gasteiger partial charge in [0.05, 0.1) is 12.2 Å². The minimum Gasteiger partial charge on any atom is -0.371 e. The third-order valence-electron chi connectivity index (χ3n) is 3.27. The van der Waals surface area contributed by atoms with Crippen molar-refractivity contribution in [2.24, 2.45) is 5.73 Å². The van der Waals surface area contributed by atoms with Gasteiger partial charge in [0.25, 0.3) is 0 Å². The van der Waals surface area contributed by atoms with Crippen LogP contribution in [-0.4, -0.2) is 25.3 Å². The molecule has 0 spiro atoms. The summed E-state index contributed by atoms with van der Waals surface area (Å²) in [5, 5.41) is 0. The second-order valence-corrected chi connectivity index (χ2v) is 4.39. The lowest BCUT2D eigenvalue weighted by molar-refractivity contribution is -0.133. The Hall–Kier alpha value is -1.06. The number of morpholine rings is 1. The van der Waals surface area contributed by atoms with Crippen molar-refractivity contribution in [2.45, 2.75) is 25.2 Å². The van der Waals surface area contributed by atoms with Crippen LogP contribution >= 0.6 is 0 Å². The van der Waals surface area contributed by atoms with Crippen LogP contribution in [0.15, 0.2) is 24.3 Å². The Balaban J connectivity index is 1.80. The molecular formula is C12H16N2O. The van der Waals surface area contributed by atoms with Gasteiger partial charge >= 0.3 is 0 Å². The minimum atomic E-state index is 0.463. The molecule has 4 rings (SSSR count). The first-order valence-corrected chi connectivity index (χ1v) is 5.54. The highest BCUT2D eigenvalue weighted by Gasteiger charge is 2.38. The molecule has 1 aromatic rings. The van der Waals surface area contributed by atoms with Crippen LogP contribution in [0.5, 0.6) is 0 Å². The number of piperidine rings is 1. The maximum atomic E-state index is 5.64. The number of anilines is 1. The first-order chi connectivity index (χ1) is 7.35. The molecule has 3 fully saturated rings. The van der Waals surface area contributed by atoms with Crippen molar-refractivity contribution in [3.8, 4) is 0 Å². The minimum absolute atomic E-state index is 0.463. The Morgan fingerprint density at radius 3 is 2.73 bits per heavy atom. The summed E-state index contributed by atoms with van der Waals surface area (Å²) in [5.41, 5.74) is 8.13. The molecule has 2 unspecified atom stereocenters. The van der Waals surface area contributed by atoms with Gasteiger partial charge in [-0.15, -0.1) is 0 Å². The molecule has 2 N–H and O–H groups in total. The lowest BCUT2D eigenvalue weighted by Crippen LogP contribution is -2.57. The van der Waals surface area contributed by atoms with E-state index in [1.54, 1.807) is 0 Å². The quantitative estimate of drug-likeness (QED) is 0.784. The average molecular weight is 204 g/mol. The molecule has 2 bridgehead atoms. The molecular weight excluding hydrogens is 188 g/mol. The van der Waals surface area contributed by atoms with Gasteiger partial charge in [-0.2, -0.15) is 0 Å². The lowest BCUT2D eigenvalue weighted by atomic mass is 9.98. The van der Waals surface area contributed by atoms with Crippen molar-refractivity contribution in [3.05, 3.63) is 29.8 Å². The monoisotopic (exact) mass is 204 g/mol. The molecule has 0 aliphatic carbocycles. The van der Waals surface area contributed by atoms with Gasteiger partial charge in [-0.25, -0.2) is 0 Å². The molecule has 1 aromatic carbocycles. The molecule has 0 amide bonds. The normalized spacial score (nSPS) is 28.7. The fourth-order valence-electron chi connectivity index (χ4n) is 2.45. The Labute approximate surface area is 89.8 Å². The predicted molar refractivity (Wildman–Crippen MR) is 59.8 cm³/mol. The smallest absolute Gasteiger partial charge is 0.0780 e. The van der Waals surface area contributed by atoms with Crippen molar-refractivity contribution in [3.63, 3.8) is 0 Å². The molecule has 3 nitrogen and oxygen atoms in total. The second-order valence-electron chi connectivity index (χ2n) is 4.39. The van der Waals surface area contributed by atoms with E-state index in [-0.39, 0.29) is 0 Å². The number of fused-ring (bicyclic) bond motifs is 2. The molecule has 0 radical (unpaired) electrons. The van der Waals surface area contributed by atoms with Gasteiger partial charge in [-0.1, -0.05) is 12.1 Å². The number of benzene rings is 1. The summed E-state index contributed by atoms with van der Waals surface area (Å²) in [5.74, 6) is 0. The lowest BCUT2D eigenvalue weighted by Gasteiger charge is -2.48. The van der Waals surface area contributed by atoms with Crippen molar-refractivity contribution in [1.29, 1.82) is 0 Å². The number of nitrogens with zero attached hydrogens (tertiary/aromatic N) is 1. The fraction of sp³-hybridized carbons (Fsp3) is 0.500. The molecule has 0 saturated carbocycles. The van der Waals surface area contributed by atoms with Gasteiger partial charge in [0, 0.05) is 31.7 Å². The predicted octanol–water partition coefficient (Wildman–Crippen LogP) is 1.12. The van der Waals surface area contributed by atoms with Crippen LogP contribution < -0.4 is 10.6 Å². The van der Waals surface area contributed by atoms with E-state index in [1.165, 1.54) is 17.7 Å².